The first kappa shape index (κ1) is 13.5. The molecule has 0 saturated heterocycles. The molecular weight excluding hydrogens is 293 g/mol. The highest BCUT2D eigenvalue weighted by Crippen LogP contribution is 2.28. The lowest BCUT2D eigenvalue weighted by Crippen LogP contribution is -2.03. The van der Waals surface area contributed by atoms with E-state index < -0.39 is 5.82 Å². The SMILES string of the molecule is Cc1ccc(-n2nnnc2-c2ccc(F)cc2N)c(Cl)c1. The molecule has 0 bridgehead atoms. The molecule has 21 heavy (non-hydrogen) atoms. The standard InChI is InChI=1S/C14H11ClFN5/c1-8-2-5-13(11(15)6-8)21-14(18-19-20-21)10-4-3-9(16)7-12(10)17/h2-7H,17H2,1H3. The minimum Gasteiger partial charge on any atom is -0.398 e. The van der Waals surface area contributed by atoms with Crippen molar-refractivity contribution in [2.75, 3.05) is 5.73 Å². The molecule has 2 N–H and O–H groups in total. The normalized spacial score (nSPS) is 10.8. The van der Waals surface area contributed by atoms with Crippen molar-refractivity contribution in [2.24, 2.45) is 0 Å². The summed E-state index contributed by atoms with van der Waals surface area (Å²) < 4.78 is 14.6. The number of nitrogen functional groups attached to an aromatic ring is 1. The first-order chi connectivity index (χ1) is 10.1. The molecule has 0 aliphatic rings. The predicted octanol–water partition coefficient (Wildman–Crippen LogP) is 3.01. The molecule has 0 spiro atoms. The summed E-state index contributed by atoms with van der Waals surface area (Å²) in [5.41, 5.74) is 8.30. The second-order valence-electron chi connectivity index (χ2n) is 4.60. The summed E-state index contributed by atoms with van der Waals surface area (Å²) in [6, 6.07) is 9.61. The second kappa shape index (κ2) is 5.14. The molecule has 0 aliphatic carbocycles. The molecule has 0 aliphatic heterocycles. The summed E-state index contributed by atoms with van der Waals surface area (Å²) >= 11 is 6.24. The number of benzene rings is 2. The summed E-state index contributed by atoms with van der Waals surface area (Å²) in [6.45, 7) is 1.94. The molecule has 3 rings (SSSR count). The zero-order valence-corrected chi connectivity index (χ0v) is 11.8. The van der Waals surface area contributed by atoms with E-state index in [2.05, 4.69) is 15.5 Å². The molecule has 106 valence electrons. The number of rotatable bonds is 2. The number of halogens is 2. The van der Waals surface area contributed by atoms with Crippen molar-refractivity contribution in [3.05, 3.63) is 52.8 Å². The maximum atomic E-state index is 13.2. The van der Waals surface area contributed by atoms with Gasteiger partial charge in [-0.25, -0.2) is 4.39 Å². The topological polar surface area (TPSA) is 69.6 Å². The first-order valence-electron chi connectivity index (χ1n) is 6.16. The van der Waals surface area contributed by atoms with Gasteiger partial charge in [-0.3, -0.25) is 0 Å². The fourth-order valence-corrected chi connectivity index (χ4v) is 2.35. The van der Waals surface area contributed by atoms with Gasteiger partial charge in [-0.15, -0.1) is 5.10 Å². The largest absolute Gasteiger partial charge is 0.398 e. The third-order valence-corrected chi connectivity index (χ3v) is 3.36. The summed E-state index contributed by atoms with van der Waals surface area (Å²) in [5.74, 6) is -0.0121. The predicted molar refractivity (Wildman–Crippen MR) is 78.7 cm³/mol. The van der Waals surface area contributed by atoms with E-state index in [1.807, 2.05) is 25.1 Å². The highest BCUT2D eigenvalue weighted by atomic mass is 35.5. The molecule has 2 aromatic carbocycles. The lowest BCUT2D eigenvalue weighted by atomic mass is 10.1. The van der Waals surface area contributed by atoms with Gasteiger partial charge in [0.2, 0.25) is 0 Å². The van der Waals surface area contributed by atoms with Crippen molar-refractivity contribution < 1.29 is 4.39 Å². The van der Waals surface area contributed by atoms with E-state index >= 15 is 0 Å². The Morgan fingerprint density at radius 1 is 1.19 bits per heavy atom. The number of aryl methyl sites for hydroxylation is 1. The zero-order valence-electron chi connectivity index (χ0n) is 11.1. The van der Waals surface area contributed by atoms with Crippen molar-refractivity contribution in [1.29, 1.82) is 0 Å². The molecule has 0 atom stereocenters. The van der Waals surface area contributed by atoms with Crippen molar-refractivity contribution in [3.63, 3.8) is 0 Å². The molecule has 1 heterocycles. The van der Waals surface area contributed by atoms with Crippen LogP contribution in [0.15, 0.2) is 36.4 Å². The second-order valence-corrected chi connectivity index (χ2v) is 5.01. The number of anilines is 1. The van der Waals surface area contributed by atoms with Crippen LogP contribution in [0.3, 0.4) is 0 Å². The molecule has 7 heteroatoms. The van der Waals surface area contributed by atoms with E-state index in [-0.39, 0.29) is 5.69 Å². The Balaban J connectivity index is 2.17. The zero-order chi connectivity index (χ0) is 15.0. The number of aromatic nitrogens is 4. The van der Waals surface area contributed by atoms with E-state index in [9.17, 15) is 4.39 Å². The molecule has 1 aromatic heterocycles. The van der Waals surface area contributed by atoms with Crippen LogP contribution >= 0.6 is 11.6 Å². The Labute approximate surface area is 125 Å². The van der Waals surface area contributed by atoms with Gasteiger partial charge in [0.05, 0.1) is 10.7 Å². The Bertz CT molecular complexity index is 749. The number of tetrazole rings is 1. The molecule has 5 nitrogen and oxygen atoms in total. The van der Waals surface area contributed by atoms with Crippen LogP contribution in [0, 0.1) is 12.7 Å². The first-order valence-corrected chi connectivity index (χ1v) is 6.54. The van der Waals surface area contributed by atoms with E-state index in [0.29, 0.717) is 22.1 Å². The maximum Gasteiger partial charge on any atom is 0.189 e. The summed E-state index contributed by atoms with van der Waals surface area (Å²) in [7, 11) is 0. The lowest BCUT2D eigenvalue weighted by molar-refractivity contribution is 0.628. The van der Waals surface area contributed by atoms with Crippen LogP contribution < -0.4 is 5.73 Å². The smallest absolute Gasteiger partial charge is 0.189 e. The van der Waals surface area contributed by atoms with Crippen LogP contribution in [0.5, 0.6) is 0 Å². The number of nitrogens with two attached hydrogens (primary N) is 1. The van der Waals surface area contributed by atoms with Gasteiger partial charge in [0.1, 0.15) is 5.82 Å². The van der Waals surface area contributed by atoms with Crippen LogP contribution in [-0.4, -0.2) is 20.2 Å². The van der Waals surface area contributed by atoms with Crippen molar-refractivity contribution >= 4 is 17.3 Å². The fraction of sp³-hybridized carbons (Fsp3) is 0.0714. The van der Waals surface area contributed by atoms with Crippen molar-refractivity contribution in [2.45, 2.75) is 6.92 Å². The van der Waals surface area contributed by atoms with Crippen LogP contribution in [0.1, 0.15) is 5.56 Å². The lowest BCUT2D eigenvalue weighted by Gasteiger charge is -2.09. The van der Waals surface area contributed by atoms with Gasteiger partial charge in [0.15, 0.2) is 5.82 Å². The Hall–Kier alpha value is -2.47. The monoisotopic (exact) mass is 303 g/mol. The van der Waals surface area contributed by atoms with Crippen LogP contribution in [0.2, 0.25) is 5.02 Å². The molecule has 0 fully saturated rings. The molecule has 0 amide bonds. The van der Waals surface area contributed by atoms with E-state index in [0.717, 1.165) is 5.56 Å². The minimum atomic E-state index is -0.413. The highest BCUT2D eigenvalue weighted by Gasteiger charge is 2.15. The quantitative estimate of drug-likeness (QED) is 0.739. The summed E-state index contributed by atoms with van der Waals surface area (Å²) in [6.07, 6.45) is 0. The minimum absolute atomic E-state index is 0.259. The van der Waals surface area contributed by atoms with E-state index in [4.69, 9.17) is 17.3 Å². The Morgan fingerprint density at radius 3 is 2.71 bits per heavy atom. The molecule has 0 saturated carbocycles. The number of hydrogen-bond donors (Lipinski definition) is 1. The van der Waals surface area contributed by atoms with Crippen LogP contribution in [0.25, 0.3) is 17.1 Å². The van der Waals surface area contributed by atoms with Crippen molar-refractivity contribution in [1.82, 2.24) is 20.2 Å². The van der Waals surface area contributed by atoms with Crippen LogP contribution in [-0.2, 0) is 0 Å². The number of hydrogen-bond acceptors (Lipinski definition) is 4. The van der Waals surface area contributed by atoms with E-state index in [1.54, 1.807) is 0 Å². The summed E-state index contributed by atoms with van der Waals surface area (Å²) in [5, 5.41) is 12.1. The van der Waals surface area contributed by atoms with Gasteiger partial charge in [-0.05, 0) is 53.2 Å². The molecule has 0 unspecified atom stereocenters. The maximum absolute atomic E-state index is 13.2. The van der Waals surface area contributed by atoms with E-state index in [1.165, 1.54) is 22.9 Å². The van der Waals surface area contributed by atoms with Gasteiger partial charge in [-0.2, -0.15) is 4.68 Å². The van der Waals surface area contributed by atoms with Gasteiger partial charge in [0.25, 0.3) is 0 Å². The van der Waals surface area contributed by atoms with Gasteiger partial charge >= 0.3 is 0 Å². The van der Waals surface area contributed by atoms with Crippen LogP contribution in [0.4, 0.5) is 10.1 Å². The molecule has 3 aromatic rings. The fourth-order valence-electron chi connectivity index (χ4n) is 2.04. The summed E-state index contributed by atoms with van der Waals surface area (Å²) in [4.78, 5) is 0. The van der Waals surface area contributed by atoms with Crippen molar-refractivity contribution in [3.8, 4) is 17.1 Å². The Morgan fingerprint density at radius 2 is 2.00 bits per heavy atom. The molecular formula is C14H11ClFN5. The Kier molecular flexibility index (Phi) is 3.31. The number of nitrogens with zero attached hydrogens (tertiary/aromatic N) is 4. The average Bonchev–Trinajstić information content (AvgIpc) is 2.87. The average molecular weight is 304 g/mol. The molecule has 0 radical (unpaired) electrons. The third-order valence-electron chi connectivity index (χ3n) is 3.06. The highest BCUT2D eigenvalue weighted by molar-refractivity contribution is 6.32. The van der Waals surface area contributed by atoms with Gasteiger partial charge < -0.3 is 5.73 Å². The van der Waals surface area contributed by atoms with Gasteiger partial charge in [0, 0.05) is 11.3 Å². The van der Waals surface area contributed by atoms with Gasteiger partial charge in [-0.1, -0.05) is 17.7 Å². The third kappa shape index (κ3) is 2.45.